The van der Waals surface area contributed by atoms with E-state index in [1.54, 1.807) is 12.1 Å². The number of benzene rings is 1. The molecule has 1 heterocycles. The SMILES string of the molecule is CCc1cccc(C(=O)NCl)c1COc1ccn(O)n1. The number of ether oxygens (including phenoxy) is 1. The highest BCUT2D eigenvalue weighted by atomic mass is 35.5. The minimum atomic E-state index is -0.381. The van der Waals surface area contributed by atoms with Gasteiger partial charge in [0.1, 0.15) is 6.61 Å². The van der Waals surface area contributed by atoms with Gasteiger partial charge in [-0.05, 0) is 18.1 Å². The van der Waals surface area contributed by atoms with Gasteiger partial charge in [-0.3, -0.25) is 9.63 Å². The summed E-state index contributed by atoms with van der Waals surface area (Å²) in [6.45, 7) is 2.16. The van der Waals surface area contributed by atoms with Gasteiger partial charge in [-0.15, -0.1) is 4.85 Å². The lowest BCUT2D eigenvalue weighted by Gasteiger charge is -2.12. The number of nitrogens with one attached hydrogen (secondary N) is 1. The van der Waals surface area contributed by atoms with Gasteiger partial charge in [0.05, 0.1) is 6.20 Å². The lowest BCUT2D eigenvalue weighted by atomic mass is 9.99. The molecule has 2 rings (SSSR count). The summed E-state index contributed by atoms with van der Waals surface area (Å²) in [6, 6.07) is 6.93. The quantitative estimate of drug-likeness (QED) is 0.654. The average Bonchev–Trinajstić information content (AvgIpc) is 2.89. The smallest absolute Gasteiger partial charge is 0.266 e. The number of hydrogen-bond donors (Lipinski definition) is 2. The molecule has 0 fully saturated rings. The summed E-state index contributed by atoms with van der Waals surface area (Å²) in [6.07, 6.45) is 2.12. The van der Waals surface area contributed by atoms with Gasteiger partial charge in [0.2, 0.25) is 5.88 Å². The van der Waals surface area contributed by atoms with E-state index in [1.165, 1.54) is 12.3 Å². The predicted molar refractivity (Wildman–Crippen MR) is 72.9 cm³/mol. The first kappa shape index (κ1) is 14.2. The third-order valence-corrected chi connectivity index (χ3v) is 3.07. The minimum Gasteiger partial charge on any atom is -0.472 e. The third kappa shape index (κ3) is 3.03. The molecule has 6 nitrogen and oxygen atoms in total. The van der Waals surface area contributed by atoms with Crippen molar-refractivity contribution in [2.45, 2.75) is 20.0 Å². The van der Waals surface area contributed by atoms with E-state index in [-0.39, 0.29) is 18.4 Å². The molecule has 0 aliphatic heterocycles. The van der Waals surface area contributed by atoms with Gasteiger partial charge in [-0.25, -0.2) is 0 Å². The summed E-state index contributed by atoms with van der Waals surface area (Å²) in [5, 5.41) is 12.8. The molecule has 0 unspecified atom stereocenters. The van der Waals surface area contributed by atoms with Gasteiger partial charge in [-0.1, -0.05) is 24.2 Å². The van der Waals surface area contributed by atoms with Gasteiger partial charge in [-0.2, -0.15) is 0 Å². The fraction of sp³-hybridized carbons (Fsp3) is 0.231. The second-order valence-corrected chi connectivity index (χ2v) is 4.27. The highest BCUT2D eigenvalue weighted by Gasteiger charge is 2.14. The Morgan fingerprint density at radius 2 is 2.30 bits per heavy atom. The molecular formula is C13H14ClN3O3. The van der Waals surface area contributed by atoms with Crippen molar-refractivity contribution in [2.24, 2.45) is 0 Å². The normalized spacial score (nSPS) is 10.3. The molecule has 0 spiro atoms. The van der Waals surface area contributed by atoms with E-state index in [4.69, 9.17) is 21.7 Å². The standard InChI is InChI=1S/C13H14ClN3O3/c1-2-9-4-3-5-10(13(18)15-14)11(9)8-20-12-6-7-17(19)16-12/h3-7,19H,2,8H2,1H3,(H,15,18). The zero-order valence-electron chi connectivity index (χ0n) is 10.8. The molecule has 0 bridgehead atoms. The maximum Gasteiger partial charge on any atom is 0.266 e. The molecule has 0 saturated heterocycles. The lowest BCUT2D eigenvalue weighted by molar-refractivity contribution is 0.0978. The number of hydrogen-bond acceptors (Lipinski definition) is 4. The third-order valence-electron chi connectivity index (χ3n) is 2.90. The van der Waals surface area contributed by atoms with E-state index in [0.717, 1.165) is 17.5 Å². The molecule has 0 saturated carbocycles. The van der Waals surface area contributed by atoms with Crippen molar-refractivity contribution in [2.75, 3.05) is 0 Å². The molecule has 7 heteroatoms. The van der Waals surface area contributed by atoms with Crippen LogP contribution in [0.2, 0.25) is 0 Å². The van der Waals surface area contributed by atoms with Crippen LogP contribution < -0.4 is 9.57 Å². The van der Waals surface area contributed by atoms with Crippen molar-refractivity contribution in [3.63, 3.8) is 0 Å². The van der Waals surface area contributed by atoms with Crippen LogP contribution in [0.3, 0.4) is 0 Å². The van der Waals surface area contributed by atoms with Crippen LogP contribution in [-0.4, -0.2) is 21.1 Å². The number of amides is 1. The second-order valence-electron chi connectivity index (χ2n) is 4.08. The molecule has 0 aliphatic rings. The first-order valence-corrected chi connectivity index (χ1v) is 6.43. The molecule has 2 aromatic rings. The summed E-state index contributed by atoms with van der Waals surface area (Å²) < 4.78 is 5.48. The van der Waals surface area contributed by atoms with Gasteiger partial charge < -0.3 is 9.94 Å². The Kier molecular flexibility index (Phi) is 4.47. The van der Waals surface area contributed by atoms with Crippen LogP contribution in [-0.2, 0) is 13.0 Å². The topological polar surface area (TPSA) is 76.4 Å². The van der Waals surface area contributed by atoms with Crippen molar-refractivity contribution >= 4 is 17.7 Å². The van der Waals surface area contributed by atoms with E-state index in [1.807, 2.05) is 13.0 Å². The average molecular weight is 296 g/mol. The highest BCUT2D eigenvalue weighted by molar-refractivity contribution is 6.24. The van der Waals surface area contributed by atoms with E-state index >= 15 is 0 Å². The summed E-state index contributed by atoms with van der Waals surface area (Å²) in [5.41, 5.74) is 2.20. The summed E-state index contributed by atoms with van der Waals surface area (Å²) in [5.74, 6) is -0.108. The lowest BCUT2D eigenvalue weighted by Crippen LogP contribution is -2.17. The van der Waals surface area contributed by atoms with Gasteiger partial charge >= 0.3 is 0 Å². The van der Waals surface area contributed by atoms with E-state index in [2.05, 4.69) is 9.93 Å². The van der Waals surface area contributed by atoms with Crippen LogP contribution in [0.5, 0.6) is 5.88 Å². The molecule has 0 radical (unpaired) electrons. The molecule has 1 amide bonds. The van der Waals surface area contributed by atoms with Crippen LogP contribution in [0.25, 0.3) is 0 Å². The van der Waals surface area contributed by atoms with Gasteiger partial charge in [0, 0.05) is 29.0 Å². The Balaban J connectivity index is 2.26. The van der Waals surface area contributed by atoms with Crippen LogP contribution in [0, 0.1) is 0 Å². The minimum absolute atomic E-state index is 0.167. The largest absolute Gasteiger partial charge is 0.472 e. The number of carbonyl (C=O) groups excluding carboxylic acids is 1. The maximum atomic E-state index is 11.8. The molecule has 1 aromatic heterocycles. The zero-order valence-corrected chi connectivity index (χ0v) is 11.6. The van der Waals surface area contributed by atoms with Crippen molar-refractivity contribution in [1.82, 2.24) is 14.8 Å². The number of aromatic nitrogens is 2. The van der Waals surface area contributed by atoms with Crippen molar-refractivity contribution in [3.05, 3.63) is 47.2 Å². The first-order valence-electron chi connectivity index (χ1n) is 6.05. The highest BCUT2D eigenvalue weighted by Crippen LogP contribution is 2.18. The first-order chi connectivity index (χ1) is 9.65. The Morgan fingerprint density at radius 3 is 2.90 bits per heavy atom. The molecular weight excluding hydrogens is 282 g/mol. The van der Waals surface area contributed by atoms with Crippen LogP contribution >= 0.6 is 11.8 Å². The van der Waals surface area contributed by atoms with Crippen LogP contribution in [0.4, 0.5) is 0 Å². The Morgan fingerprint density at radius 1 is 1.50 bits per heavy atom. The van der Waals surface area contributed by atoms with Crippen molar-refractivity contribution in [3.8, 4) is 5.88 Å². The van der Waals surface area contributed by atoms with Crippen molar-refractivity contribution < 1.29 is 14.7 Å². The number of halogens is 1. The van der Waals surface area contributed by atoms with E-state index in [0.29, 0.717) is 10.4 Å². The molecule has 2 N–H and O–H groups in total. The molecule has 0 atom stereocenters. The molecule has 20 heavy (non-hydrogen) atoms. The molecule has 0 aliphatic carbocycles. The number of rotatable bonds is 5. The van der Waals surface area contributed by atoms with E-state index < -0.39 is 0 Å². The van der Waals surface area contributed by atoms with Crippen molar-refractivity contribution in [1.29, 1.82) is 0 Å². The Bertz CT molecular complexity index is 613. The zero-order chi connectivity index (χ0) is 14.5. The number of nitrogens with zero attached hydrogens (tertiary/aromatic N) is 2. The fourth-order valence-corrected chi connectivity index (χ4v) is 2.02. The van der Waals surface area contributed by atoms with Crippen LogP contribution in [0.15, 0.2) is 30.5 Å². The Labute approximate surface area is 121 Å². The van der Waals surface area contributed by atoms with Gasteiger partial charge in [0.25, 0.3) is 5.91 Å². The summed E-state index contributed by atoms with van der Waals surface area (Å²) in [7, 11) is 0. The fourth-order valence-electron chi connectivity index (χ4n) is 1.92. The maximum absolute atomic E-state index is 11.8. The van der Waals surface area contributed by atoms with Gasteiger partial charge in [0.15, 0.2) is 0 Å². The second kappa shape index (κ2) is 6.29. The summed E-state index contributed by atoms with van der Waals surface area (Å²) in [4.78, 5) is 14.5. The summed E-state index contributed by atoms with van der Waals surface area (Å²) >= 11 is 5.39. The number of carbonyl (C=O) groups is 1. The monoisotopic (exact) mass is 295 g/mol. The number of aryl methyl sites for hydroxylation is 1. The van der Waals surface area contributed by atoms with Crippen LogP contribution in [0.1, 0.15) is 28.4 Å². The molecule has 1 aromatic carbocycles. The van der Waals surface area contributed by atoms with E-state index in [9.17, 15) is 4.79 Å². The Hall–Kier alpha value is -2.21. The molecule has 106 valence electrons. The predicted octanol–water partition coefficient (Wildman–Crippen LogP) is 2.15.